The van der Waals surface area contributed by atoms with Gasteiger partial charge in [-0.05, 0) is 52.9 Å². The smallest absolute Gasteiger partial charge is 0.103 e. The molecule has 0 fully saturated rings. The third kappa shape index (κ3) is 3.85. The van der Waals surface area contributed by atoms with Crippen LogP contribution < -0.4 is 0 Å². The van der Waals surface area contributed by atoms with Crippen LogP contribution in [0.3, 0.4) is 0 Å². The summed E-state index contributed by atoms with van der Waals surface area (Å²) in [5.41, 5.74) is 10.7. The Bertz CT molecular complexity index is 2500. The minimum absolute atomic E-state index is 0.944. The van der Waals surface area contributed by atoms with Crippen molar-refractivity contribution in [2.45, 2.75) is 0 Å². The van der Waals surface area contributed by atoms with E-state index in [4.69, 9.17) is 10.1 Å². The van der Waals surface area contributed by atoms with Gasteiger partial charge in [0.1, 0.15) is 5.69 Å². The van der Waals surface area contributed by atoms with Gasteiger partial charge in [0.05, 0.1) is 22.4 Å². The second-order valence-corrected chi connectivity index (χ2v) is 11.2. The van der Waals surface area contributed by atoms with Crippen LogP contribution in [0.1, 0.15) is 0 Å². The maximum absolute atomic E-state index is 5.34. The molecule has 4 nitrogen and oxygen atoms in total. The van der Waals surface area contributed by atoms with Gasteiger partial charge in [-0.25, -0.2) is 4.68 Å². The van der Waals surface area contributed by atoms with E-state index in [9.17, 15) is 0 Å². The summed E-state index contributed by atoms with van der Waals surface area (Å²) in [6.07, 6.45) is 1.89. The molecule has 44 heavy (non-hydrogen) atoms. The summed E-state index contributed by atoms with van der Waals surface area (Å²) in [5.74, 6) is 0. The molecule has 0 atom stereocenters. The predicted molar refractivity (Wildman–Crippen MR) is 182 cm³/mol. The van der Waals surface area contributed by atoms with Gasteiger partial charge in [0.2, 0.25) is 0 Å². The highest BCUT2D eigenvalue weighted by molar-refractivity contribution is 6.13. The van der Waals surface area contributed by atoms with Gasteiger partial charge in [-0.15, -0.1) is 0 Å². The molecule has 0 aliphatic carbocycles. The number of pyridine rings is 1. The largest absolute Gasteiger partial charge is 0.354 e. The molecular formula is C40H26N4. The monoisotopic (exact) mass is 562 g/mol. The average Bonchev–Trinajstić information content (AvgIpc) is 3.67. The van der Waals surface area contributed by atoms with Crippen molar-refractivity contribution in [2.75, 3.05) is 0 Å². The van der Waals surface area contributed by atoms with Gasteiger partial charge in [0.15, 0.2) is 0 Å². The lowest BCUT2D eigenvalue weighted by Crippen LogP contribution is -1.98. The van der Waals surface area contributed by atoms with Crippen molar-refractivity contribution in [3.8, 4) is 39.3 Å². The van der Waals surface area contributed by atoms with Gasteiger partial charge in [-0.1, -0.05) is 109 Å². The number of aromatic nitrogens is 4. The third-order valence-corrected chi connectivity index (χ3v) is 8.63. The van der Waals surface area contributed by atoms with E-state index in [1.54, 1.807) is 0 Å². The molecule has 0 unspecified atom stereocenters. The van der Waals surface area contributed by atoms with E-state index in [0.717, 1.165) is 66.5 Å². The van der Waals surface area contributed by atoms with Crippen LogP contribution in [0, 0.1) is 0 Å². The Morgan fingerprint density at radius 3 is 2.25 bits per heavy atom. The Morgan fingerprint density at radius 2 is 1.32 bits per heavy atom. The topological polar surface area (TPSA) is 46.5 Å². The standard InChI is InChI=1S/C40H26N4/c1-2-10-26(11-3-1)28-22-23-41-36(25-28)29-21-20-27-12-8-19-38(34(27)24-29)44-37-18-7-5-14-32(37)40(43-44)33-16-9-15-31-30-13-4-6-17-35(30)42-39(31)33/h1-25,42H. The lowest BCUT2D eigenvalue weighted by Gasteiger charge is -2.11. The first-order valence-corrected chi connectivity index (χ1v) is 14.8. The summed E-state index contributed by atoms with van der Waals surface area (Å²) in [6.45, 7) is 0. The van der Waals surface area contributed by atoms with E-state index in [1.165, 1.54) is 16.3 Å². The highest BCUT2D eigenvalue weighted by Crippen LogP contribution is 2.38. The number of aromatic amines is 1. The van der Waals surface area contributed by atoms with Crippen LogP contribution in [-0.2, 0) is 0 Å². The normalized spacial score (nSPS) is 11.6. The number of H-pyrrole nitrogens is 1. The minimum atomic E-state index is 0.944. The molecule has 0 aliphatic rings. The second-order valence-electron chi connectivity index (χ2n) is 11.2. The molecule has 0 radical (unpaired) electrons. The molecule has 0 aliphatic heterocycles. The Labute approximate surface area is 253 Å². The number of benzene rings is 6. The molecule has 0 saturated carbocycles. The zero-order valence-electron chi connectivity index (χ0n) is 23.8. The van der Waals surface area contributed by atoms with E-state index in [2.05, 4.69) is 149 Å². The number of fused-ring (bicyclic) bond motifs is 5. The number of rotatable bonds is 4. The molecule has 9 aromatic rings. The molecule has 206 valence electrons. The van der Waals surface area contributed by atoms with Crippen molar-refractivity contribution < 1.29 is 0 Å². The summed E-state index contributed by atoms with van der Waals surface area (Å²) in [5, 5.41) is 11.2. The highest BCUT2D eigenvalue weighted by Gasteiger charge is 2.18. The van der Waals surface area contributed by atoms with Crippen LogP contribution >= 0.6 is 0 Å². The van der Waals surface area contributed by atoms with E-state index < -0.39 is 0 Å². The summed E-state index contributed by atoms with van der Waals surface area (Å²) in [7, 11) is 0. The van der Waals surface area contributed by atoms with Crippen LogP contribution in [0.25, 0.3) is 82.8 Å². The first-order valence-electron chi connectivity index (χ1n) is 14.8. The fourth-order valence-electron chi connectivity index (χ4n) is 6.52. The summed E-state index contributed by atoms with van der Waals surface area (Å²) >= 11 is 0. The molecule has 3 aromatic heterocycles. The third-order valence-electron chi connectivity index (χ3n) is 8.63. The predicted octanol–water partition coefficient (Wildman–Crippen LogP) is 10.2. The fourth-order valence-corrected chi connectivity index (χ4v) is 6.52. The van der Waals surface area contributed by atoms with Crippen molar-refractivity contribution in [3.63, 3.8) is 0 Å². The lowest BCUT2D eigenvalue weighted by molar-refractivity contribution is 0.923. The molecule has 0 saturated heterocycles. The molecule has 0 bridgehead atoms. The zero-order chi connectivity index (χ0) is 29.0. The SMILES string of the molecule is c1ccc(-c2ccnc(-c3ccc4cccc(-n5nc(-c6cccc7c6[nH]c6ccccc67)c6ccccc65)c4c3)c2)cc1. The Morgan fingerprint density at radius 1 is 0.523 bits per heavy atom. The van der Waals surface area contributed by atoms with Crippen LogP contribution in [0.4, 0.5) is 0 Å². The quantitative estimate of drug-likeness (QED) is 0.232. The van der Waals surface area contributed by atoms with E-state index in [1.807, 2.05) is 12.3 Å². The van der Waals surface area contributed by atoms with Crippen LogP contribution in [0.2, 0.25) is 0 Å². The van der Waals surface area contributed by atoms with Crippen molar-refractivity contribution in [1.29, 1.82) is 0 Å². The van der Waals surface area contributed by atoms with Gasteiger partial charge in [-0.2, -0.15) is 5.10 Å². The summed E-state index contributed by atoms with van der Waals surface area (Å²) in [6, 6.07) is 51.2. The lowest BCUT2D eigenvalue weighted by atomic mass is 10.0. The van der Waals surface area contributed by atoms with Crippen molar-refractivity contribution in [3.05, 3.63) is 152 Å². The molecule has 6 aromatic carbocycles. The Balaban J connectivity index is 1.24. The minimum Gasteiger partial charge on any atom is -0.354 e. The van der Waals surface area contributed by atoms with Crippen molar-refractivity contribution in [1.82, 2.24) is 19.7 Å². The molecule has 4 heteroatoms. The van der Waals surface area contributed by atoms with Gasteiger partial charge in [0, 0.05) is 44.4 Å². The molecule has 0 amide bonds. The average molecular weight is 563 g/mol. The maximum Gasteiger partial charge on any atom is 0.103 e. The molecule has 9 rings (SSSR count). The first-order chi connectivity index (χ1) is 21.8. The van der Waals surface area contributed by atoms with E-state index in [0.29, 0.717) is 0 Å². The molecule has 3 heterocycles. The number of nitrogens with zero attached hydrogens (tertiary/aromatic N) is 3. The van der Waals surface area contributed by atoms with Gasteiger partial charge < -0.3 is 4.98 Å². The second kappa shape index (κ2) is 9.79. The van der Waals surface area contributed by atoms with Gasteiger partial charge in [0.25, 0.3) is 0 Å². The van der Waals surface area contributed by atoms with E-state index >= 15 is 0 Å². The van der Waals surface area contributed by atoms with Gasteiger partial charge >= 0.3 is 0 Å². The van der Waals surface area contributed by atoms with Crippen LogP contribution in [-0.4, -0.2) is 19.7 Å². The number of para-hydroxylation sites is 3. The van der Waals surface area contributed by atoms with Gasteiger partial charge in [-0.3, -0.25) is 4.98 Å². The number of hydrogen-bond acceptors (Lipinski definition) is 2. The maximum atomic E-state index is 5.34. The molecular weight excluding hydrogens is 536 g/mol. The molecule has 0 spiro atoms. The first kappa shape index (κ1) is 24.6. The number of nitrogens with one attached hydrogen (secondary N) is 1. The Hall–Kier alpha value is -6.00. The fraction of sp³-hybridized carbons (Fsp3) is 0. The highest BCUT2D eigenvalue weighted by atomic mass is 15.3. The summed E-state index contributed by atoms with van der Waals surface area (Å²) < 4.78 is 2.10. The number of hydrogen-bond donors (Lipinski definition) is 1. The van der Waals surface area contributed by atoms with Crippen LogP contribution in [0.5, 0.6) is 0 Å². The van der Waals surface area contributed by atoms with Crippen molar-refractivity contribution in [2.24, 2.45) is 0 Å². The Kier molecular flexibility index (Phi) is 5.47. The van der Waals surface area contributed by atoms with E-state index in [-0.39, 0.29) is 0 Å². The van der Waals surface area contributed by atoms with Crippen molar-refractivity contribution >= 4 is 43.5 Å². The van der Waals surface area contributed by atoms with Crippen LogP contribution in [0.15, 0.2) is 152 Å². The zero-order valence-corrected chi connectivity index (χ0v) is 23.8. The summed E-state index contributed by atoms with van der Waals surface area (Å²) in [4.78, 5) is 8.43. The molecule has 1 N–H and O–H groups in total.